The number of ether oxygens (including phenoxy) is 1. The van der Waals surface area contributed by atoms with Gasteiger partial charge in [-0.05, 0) is 50.6 Å². The average molecular weight is 413 g/mol. The number of rotatable bonds is 7. The Labute approximate surface area is 163 Å². The van der Waals surface area contributed by atoms with Gasteiger partial charge in [0.2, 0.25) is 15.9 Å². The molecular formula is C19H25F2N3O3S. The largest absolute Gasteiger partial charge is 0.493 e. The van der Waals surface area contributed by atoms with E-state index in [1.165, 1.54) is 6.92 Å². The first-order chi connectivity index (χ1) is 13.2. The zero-order chi connectivity index (χ0) is 20.4. The van der Waals surface area contributed by atoms with Gasteiger partial charge in [0.1, 0.15) is 5.75 Å². The van der Waals surface area contributed by atoms with E-state index in [0.29, 0.717) is 5.75 Å². The normalized spacial score (nSPS) is 22.1. The van der Waals surface area contributed by atoms with Crippen molar-refractivity contribution in [3.8, 4) is 11.4 Å². The van der Waals surface area contributed by atoms with Gasteiger partial charge in [-0.15, -0.1) is 0 Å². The fourth-order valence-electron chi connectivity index (χ4n) is 3.40. The monoisotopic (exact) mass is 413 g/mol. The van der Waals surface area contributed by atoms with Crippen LogP contribution >= 0.6 is 0 Å². The van der Waals surface area contributed by atoms with Crippen LogP contribution in [0.2, 0.25) is 0 Å². The Balaban J connectivity index is 1.67. The summed E-state index contributed by atoms with van der Waals surface area (Å²) in [6.07, 6.45) is 1.09. The van der Waals surface area contributed by atoms with Crippen molar-refractivity contribution in [1.29, 1.82) is 0 Å². The first-order valence-electron chi connectivity index (χ1n) is 9.31. The summed E-state index contributed by atoms with van der Waals surface area (Å²) in [6.45, 7) is 3.49. The molecular weight excluding hydrogens is 388 g/mol. The minimum atomic E-state index is -3.47. The van der Waals surface area contributed by atoms with Gasteiger partial charge in [-0.1, -0.05) is 0 Å². The van der Waals surface area contributed by atoms with Crippen LogP contribution in [0.5, 0.6) is 5.75 Å². The molecule has 1 N–H and O–H groups in total. The number of aromatic nitrogens is 2. The van der Waals surface area contributed by atoms with Crippen molar-refractivity contribution in [2.24, 2.45) is 5.92 Å². The molecule has 0 bridgehead atoms. The first kappa shape index (κ1) is 20.7. The summed E-state index contributed by atoms with van der Waals surface area (Å²) < 4.78 is 61.6. The zero-order valence-electron chi connectivity index (χ0n) is 15.9. The highest BCUT2D eigenvalue weighted by atomic mass is 32.2. The summed E-state index contributed by atoms with van der Waals surface area (Å²) in [7, 11) is -3.47. The van der Waals surface area contributed by atoms with E-state index in [4.69, 9.17) is 4.74 Å². The van der Waals surface area contributed by atoms with Crippen LogP contribution in [0.1, 0.15) is 31.9 Å². The molecule has 1 aliphatic rings. The van der Waals surface area contributed by atoms with Gasteiger partial charge >= 0.3 is 0 Å². The molecule has 3 rings (SSSR count). The van der Waals surface area contributed by atoms with E-state index in [-0.39, 0.29) is 25.2 Å². The summed E-state index contributed by atoms with van der Waals surface area (Å²) in [5.41, 5.74) is 1.86. The second kappa shape index (κ2) is 8.16. The number of nitrogens with one attached hydrogen (secondary N) is 1. The highest BCUT2D eigenvalue weighted by molar-refractivity contribution is 7.89. The van der Waals surface area contributed by atoms with Crippen LogP contribution in [0.4, 0.5) is 8.78 Å². The van der Waals surface area contributed by atoms with E-state index in [9.17, 15) is 17.2 Å². The Bertz CT molecular complexity index is 897. The van der Waals surface area contributed by atoms with Crippen molar-refractivity contribution in [2.75, 3.05) is 12.4 Å². The van der Waals surface area contributed by atoms with E-state index >= 15 is 0 Å². The molecule has 0 amide bonds. The molecule has 0 spiro atoms. The zero-order valence-corrected chi connectivity index (χ0v) is 16.8. The second-order valence-electron chi connectivity index (χ2n) is 7.18. The number of alkyl halides is 2. The third-order valence-electron chi connectivity index (χ3n) is 5.04. The van der Waals surface area contributed by atoms with Gasteiger partial charge in [-0.2, -0.15) is 5.10 Å². The quantitative estimate of drug-likeness (QED) is 0.756. The van der Waals surface area contributed by atoms with E-state index in [0.717, 1.165) is 11.4 Å². The summed E-state index contributed by atoms with van der Waals surface area (Å²) in [5.74, 6) is -2.94. The molecule has 1 aliphatic carbocycles. The maximum Gasteiger partial charge on any atom is 0.248 e. The molecule has 1 saturated carbocycles. The Morgan fingerprint density at radius 2 is 2.00 bits per heavy atom. The number of benzene rings is 1. The summed E-state index contributed by atoms with van der Waals surface area (Å²) >= 11 is 0. The SMILES string of the molecule is CCS(=O)(=O)N[C@H]1CCC(F)(F)C[C@@H]1COc1ccc(-n2nccc2C)cc1. The van der Waals surface area contributed by atoms with Crippen molar-refractivity contribution >= 4 is 10.0 Å². The summed E-state index contributed by atoms with van der Waals surface area (Å²) in [5, 5.41) is 4.23. The molecule has 1 aromatic carbocycles. The highest BCUT2D eigenvalue weighted by Crippen LogP contribution is 2.37. The molecule has 1 fully saturated rings. The molecule has 2 atom stereocenters. The maximum absolute atomic E-state index is 13.9. The fourth-order valence-corrected chi connectivity index (χ4v) is 4.34. The molecule has 1 aromatic heterocycles. The number of sulfonamides is 1. The van der Waals surface area contributed by atoms with Crippen LogP contribution in [0.25, 0.3) is 5.69 Å². The summed E-state index contributed by atoms with van der Waals surface area (Å²) in [6, 6.07) is 8.52. The second-order valence-corrected chi connectivity index (χ2v) is 9.22. The highest BCUT2D eigenvalue weighted by Gasteiger charge is 2.42. The van der Waals surface area contributed by atoms with Crippen molar-refractivity contribution < 1.29 is 21.9 Å². The van der Waals surface area contributed by atoms with Gasteiger partial charge in [0.25, 0.3) is 0 Å². The molecule has 1 heterocycles. The Morgan fingerprint density at radius 1 is 1.29 bits per heavy atom. The third-order valence-corrected chi connectivity index (χ3v) is 6.46. The lowest BCUT2D eigenvalue weighted by Gasteiger charge is -2.36. The Hall–Kier alpha value is -2.00. The van der Waals surface area contributed by atoms with Gasteiger partial charge in [-0.25, -0.2) is 26.6 Å². The predicted molar refractivity (Wildman–Crippen MR) is 102 cm³/mol. The standard InChI is InChI=1S/C19H25F2N3O3S/c1-3-28(25,26)23-18-8-10-19(20,21)12-15(18)13-27-17-6-4-16(5-7-17)24-14(2)9-11-22-24/h4-7,9,11,15,18,23H,3,8,10,12-13H2,1-2H3/t15-,18+/m1/s1. The van der Waals surface area contributed by atoms with Crippen LogP contribution < -0.4 is 9.46 Å². The molecule has 6 nitrogen and oxygen atoms in total. The minimum absolute atomic E-state index is 0.0205. The van der Waals surface area contributed by atoms with Crippen LogP contribution in [-0.4, -0.2) is 42.5 Å². The Morgan fingerprint density at radius 3 is 2.61 bits per heavy atom. The topological polar surface area (TPSA) is 73.2 Å². The molecule has 28 heavy (non-hydrogen) atoms. The predicted octanol–water partition coefficient (Wildman–Crippen LogP) is 3.30. The van der Waals surface area contributed by atoms with E-state index in [1.54, 1.807) is 23.0 Å². The number of aryl methyl sites for hydroxylation is 1. The molecule has 0 saturated heterocycles. The molecule has 0 radical (unpaired) electrons. The van der Waals surface area contributed by atoms with Crippen LogP contribution in [0, 0.1) is 12.8 Å². The van der Waals surface area contributed by atoms with Crippen LogP contribution in [-0.2, 0) is 10.0 Å². The number of hydrogen-bond acceptors (Lipinski definition) is 4. The molecule has 9 heteroatoms. The molecule has 0 aliphatic heterocycles. The van der Waals surface area contributed by atoms with Gasteiger partial charge < -0.3 is 4.74 Å². The van der Waals surface area contributed by atoms with Gasteiger partial charge in [0.05, 0.1) is 18.0 Å². The summed E-state index contributed by atoms with van der Waals surface area (Å²) in [4.78, 5) is 0. The third kappa shape index (κ3) is 5.08. The number of hydrogen-bond donors (Lipinski definition) is 1. The van der Waals surface area contributed by atoms with Crippen molar-refractivity contribution in [2.45, 2.75) is 45.1 Å². The van der Waals surface area contributed by atoms with Crippen molar-refractivity contribution in [3.63, 3.8) is 0 Å². The lowest BCUT2D eigenvalue weighted by atomic mass is 9.83. The van der Waals surface area contributed by atoms with Crippen molar-refractivity contribution in [1.82, 2.24) is 14.5 Å². The van der Waals surface area contributed by atoms with Crippen molar-refractivity contribution in [3.05, 3.63) is 42.2 Å². The number of halogens is 2. The average Bonchev–Trinajstić information content (AvgIpc) is 3.08. The van der Waals surface area contributed by atoms with E-state index in [1.807, 2.05) is 25.1 Å². The van der Waals surface area contributed by atoms with Crippen LogP contribution in [0.3, 0.4) is 0 Å². The lowest BCUT2D eigenvalue weighted by molar-refractivity contribution is -0.0660. The fraction of sp³-hybridized carbons (Fsp3) is 0.526. The van der Waals surface area contributed by atoms with Gasteiger partial charge in [0, 0.05) is 36.7 Å². The lowest BCUT2D eigenvalue weighted by Crippen LogP contribution is -2.48. The number of nitrogens with zero attached hydrogens (tertiary/aromatic N) is 2. The molecule has 2 aromatic rings. The maximum atomic E-state index is 13.9. The molecule has 154 valence electrons. The van der Waals surface area contributed by atoms with Gasteiger partial charge in [-0.3, -0.25) is 0 Å². The molecule has 0 unspecified atom stereocenters. The minimum Gasteiger partial charge on any atom is -0.493 e. The van der Waals surface area contributed by atoms with Crippen LogP contribution in [0.15, 0.2) is 36.5 Å². The van der Waals surface area contributed by atoms with Gasteiger partial charge in [0.15, 0.2) is 0 Å². The van der Waals surface area contributed by atoms with E-state index < -0.39 is 34.3 Å². The van der Waals surface area contributed by atoms with E-state index in [2.05, 4.69) is 9.82 Å². The Kier molecular flexibility index (Phi) is 6.04. The first-order valence-corrected chi connectivity index (χ1v) is 11.0. The smallest absolute Gasteiger partial charge is 0.248 e.